The van der Waals surface area contributed by atoms with E-state index in [9.17, 15) is 0 Å². The van der Waals surface area contributed by atoms with E-state index in [1.54, 1.807) is 0 Å². The summed E-state index contributed by atoms with van der Waals surface area (Å²) in [6.45, 7) is 12.1. The van der Waals surface area contributed by atoms with E-state index in [1.165, 1.54) is 24.1 Å². The Hall–Kier alpha value is -1.50. The minimum absolute atomic E-state index is 0.909. The minimum Gasteiger partial charge on any atom is -0.367 e. The number of para-hydroxylation sites is 1. The first-order valence-electron chi connectivity index (χ1n) is 5.85. The molecule has 0 unspecified atom stereocenters. The normalized spacial score (nSPS) is 14.4. The van der Waals surface area contributed by atoms with Gasteiger partial charge in [-0.15, -0.1) is 0 Å². The third kappa shape index (κ3) is 2.19. The molecular weight excluding hydrogens is 194 g/mol. The molecule has 1 heteroatoms. The average Bonchev–Trinajstić information content (AvgIpc) is 2.29. The van der Waals surface area contributed by atoms with E-state index in [0.717, 1.165) is 24.2 Å². The SMILES string of the molecule is C=C(C)C(=C)CN1CCCc2ccccc21. The summed E-state index contributed by atoms with van der Waals surface area (Å²) in [5.41, 5.74) is 5.05. The fraction of sp³-hybridized carbons (Fsp3) is 0.333. The molecule has 1 heterocycles. The quantitative estimate of drug-likeness (QED) is 0.694. The first kappa shape index (κ1) is 11.0. The molecule has 0 spiro atoms. The highest BCUT2D eigenvalue weighted by atomic mass is 15.1. The second-order valence-corrected chi connectivity index (χ2v) is 4.54. The van der Waals surface area contributed by atoms with Gasteiger partial charge < -0.3 is 4.90 Å². The van der Waals surface area contributed by atoms with Crippen molar-refractivity contribution in [1.82, 2.24) is 0 Å². The van der Waals surface area contributed by atoms with Crippen LogP contribution in [0, 0.1) is 0 Å². The zero-order valence-corrected chi connectivity index (χ0v) is 10.00. The zero-order chi connectivity index (χ0) is 11.5. The number of anilines is 1. The van der Waals surface area contributed by atoms with Crippen LogP contribution in [0.1, 0.15) is 18.9 Å². The van der Waals surface area contributed by atoms with Gasteiger partial charge in [-0.05, 0) is 37.0 Å². The first-order chi connectivity index (χ1) is 7.68. The van der Waals surface area contributed by atoms with Gasteiger partial charge in [0.15, 0.2) is 0 Å². The number of benzene rings is 1. The van der Waals surface area contributed by atoms with E-state index in [0.29, 0.717) is 0 Å². The number of rotatable bonds is 3. The molecule has 0 radical (unpaired) electrons. The van der Waals surface area contributed by atoms with Crippen LogP contribution in [0.25, 0.3) is 0 Å². The summed E-state index contributed by atoms with van der Waals surface area (Å²) in [7, 11) is 0. The topological polar surface area (TPSA) is 3.24 Å². The minimum atomic E-state index is 0.909. The van der Waals surface area contributed by atoms with Gasteiger partial charge in [0.1, 0.15) is 0 Å². The molecule has 0 atom stereocenters. The molecule has 0 aromatic heterocycles. The van der Waals surface area contributed by atoms with Crippen molar-refractivity contribution < 1.29 is 0 Å². The van der Waals surface area contributed by atoms with Crippen molar-refractivity contribution in [3.63, 3.8) is 0 Å². The monoisotopic (exact) mass is 213 g/mol. The van der Waals surface area contributed by atoms with E-state index >= 15 is 0 Å². The summed E-state index contributed by atoms with van der Waals surface area (Å²) in [4.78, 5) is 2.41. The molecule has 2 rings (SSSR count). The standard InChI is InChI=1S/C15H19N/c1-12(2)13(3)11-16-10-6-8-14-7-4-5-9-15(14)16/h4-5,7,9H,1,3,6,8,10-11H2,2H3. The fourth-order valence-electron chi connectivity index (χ4n) is 2.14. The van der Waals surface area contributed by atoms with Crippen LogP contribution in [0.2, 0.25) is 0 Å². The van der Waals surface area contributed by atoms with Gasteiger partial charge in [0.2, 0.25) is 0 Å². The zero-order valence-electron chi connectivity index (χ0n) is 10.00. The molecule has 1 aromatic carbocycles. The Labute approximate surface area is 98.1 Å². The number of hydrogen-bond donors (Lipinski definition) is 0. The first-order valence-corrected chi connectivity index (χ1v) is 5.85. The van der Waals surface area contributed by atoms with Crippen LogP contribution in [0.5, 0.6) is 0 Å². The molecule has 0 N–H and O–H groups in total. The maximum atomic E-state index is 4.08. The highest BCUT2D eigenvalue weighted by Gasteiger charge is 2.16. The van der Waals surface area contributed by atoms with Gasteiger partial charge in [-0.2, -0.15) is 0 Å². The molecule has 16 heavy (non-hydrogen) atoms. The maximum Gasteiger partial charge on any atom is 0.0426 e. The average molecular weight is 213 g/mol. The van der Waals surface area contributed by atoms with Crippen LogP contribution in [0.4, 0.5) is 5.69 Å². The van der Waals surface area contributed by atoms with Gasteiger partial charge in [-0.25, -0.2) is 0 Å². The third-order valence-corrected chi connectivity index (χ3v) is 3.19. The Balaban J connectivity index is 2.19. The van der Waals surface area contributed by atoms with Crippen molar-refractivity contribution >= 4 is 5.69 Å². The van der Waals surface area contributed by atoms with Crippen LogP contribution >= 0.6 is 0 Å². The fourth-order valence-corrected chi connectivity index (χ4v) is 2.14. The lowest BCUT2D eigenvalue weighted by atomic mass is 10.0. The van der Waals surface area contributed by atoms with Crippen LogP contribution in [-0.4, -0.2) is 13.1 Å². The van der Waals surface area contributed by atoms with Crippen LogP contribution in [-0.2, 0) is 6.42 Å². The van der Waals surface area contributed by atoms with Crippen molar-refractivity contribution in [2.75, 3.05) is 18.0 Å². The number of aryl methyl sites for hydroxylation is 1. The van der Waals surface area contributed by atoms with Crippen molar-refractivity contribution in [3.8, 4) is 0 Å². The summed E-state index contributed by atoms with van der Waals surface area (Å²) >= 11 is 0. The van der Waals surface area contributed by atoms with Crippen molar-refractivity contribution in [2.24, 2.45) is 0 Å². The van der Waals surface area contributed by atoms with E-state index in [2.05, 4.69) is 42.3 Å². The summed E-state index contributed by atoms with van der Waals surface area (Å²) in [6.07, 6.45) is 2.44. The Morgan fingerprint density at radius 2 is 2.06 bits per heavy atom. The van der Waals surface area contributed by atoms with Crippen molar-refractivity contribution in [3.05, 3.63) is 54.1 Å². The molecule has 1 aliphatic rings. The van der Waals surface area contributed by atoms with E-state index < -0.39 is 0 Å². The van der Waals surface area contributed by atoms with E-state index in [1.807, 2.05) is 6.92 Å². The largest absolute Gasteiger partial charge is 0.367 e. The van der Waals surface area contributed by atoms with Crippen LogP contribution < -0.4 is 4.90 Å². The number of fused-ring (bicyclic) bond motifs is 1. The lowest BCUT2D eigenvalue weighted by Gasteiger charge is -2.32. The summed E-state index contributed by atoms with van der Waals surface area (Å²) in [5, 5.41) is 0. The molecule has 0 bridgehead atoms. The summed E-state index contributed by atoms with van der Waals surface area (Å²) in [5.74, 6) is 0. The molecule has 0 saturated carbocycles. The molecular formula is C15H19N. The second kappa shape index (κ2) is 4.56. The van der Waals surface area contributed by atoms with Crippen molar-refractivity contribution in [2.45, 2.75) is 19.8 Å². The van der Waals surface area contributed by atoms with Gasteiger partial charge in [-0.3, -0.25) is 0 Å². The van der Waals surface area contributed by atoms with Gasteiger partial charge in [0.25, 0.3) is 0 Å². The second-order valence-electron chi connectivity index (χ2n) is 4.54. The lowest BCUT2D eigenvalue weighted by molar-refractivity contribution is 0.716. The Morgan fingerprint density at radius 3 is 2.81 bits per heavy atom. The smallest absolute Gasteiger partial charge is 0.0426 e. The Bertz CT molecular complexity index is 417. The van der Waals surface area contributed by atoms with Crippen LogP contribution in [0.15, 0.2) is 48.6 Å². The Morgan fingerprint density at radius 1 is 1.31 bits per heavy atom. The third-order valence-electron chi connectivity index (χ3n) is 3.19. The highest BCUT2D eigenvalue weighted by molar-refractivity contribution is 5.56. The molecule has 0 amide bonds. The summed E-state index contributed by atoms with van der Waals surface area (Å²) in [6, 6.07) is 8.67. The molecule has 84 valence electrons. The van der Waals surface area contributed by atoms with Gasteiger partial charge in [0.05, 0.1) is 0 Å². The van der Waals surface area contributed by atoms with Crippen LogP contribution in [0.3, 0.4) is 0 Å². The lowest BCUT2D eigenvalue weighted by Crippen LogP contribution is -2.31. The molecule has 1 nitrogen and oxygen atoms in total. The predicted octanol–water partition coefficient (Wildman–Crippen LogP) is 3.57. The Kier molecular flexibility index (Phi) is 3.14. The molecule has 0 aliphatic carbocycles. The maximum absolute atomic E-state index is 4.08. The molecule has 1 aliphatic heterocycles. The van der Waals surface area contributed by atoms with Gasteiger partial charge >= 0.3 is 0 Å². The number of nitrogens with zero attached hydrogens (tertiary/aromatic N) is 1. The van der Waals surface area contributed by atoms with Gasteiger partial charge in [-0.1, -0.05) is 36.9 Å². The number of hydrogen-bond acceptors (Lipinski definition) is 1. The molecule has 0 fully saturated rings. The molecule has 1 aromatic rings. The highest BCUT2D eigenvalue weighted by Crippen LogP contribution is 2.27. The predicted molar refractivity (Wildman–Crippen MR) is 70.9 cm³/mol. The van der Waals surface area contributed by atoms with Gasteiger partial charge in [0, 0.05) is 18.8 Å². The summed E-state index contributed by atoms with van der Waals surface area (Å²) < 4.78 is 0. The van der Waals surface area contributed by atoms with E-state index in [-0.39, 0.29) is 0 Å². The van der Waals surface area contributed by atoms with E-state index in [4.69, 9.17) is 0 Å². The molecule has 0 saturated heterocycles. The van der Waals surface area contributed by atoms with Crippen molar-refractivity contribution in [1.29, 1.82) is 0 Å².